The lowest BCUT2D eigenvalue weighted by Crippen LogP contribution is -2.56. The maximum Gasteiger partial charge on any atom is 0.246 e. The number of nitrogens with zero attached hydrogens (tertiary/aromatic N) is 2. The van der Waals surface area contributed by atoms with E-state index in [9.17, 15) is 4.79 Å². The molecule has 1 amide bonds. The largest absolute Gasteiger partial charge is 0.332 e. The standard InChI is InChI=1S/C10H19N3O/c1-3-4-10(14)13-6-5-12(2)8-9(13)7-11/h3-4,9H,5-8,11H2,1-2H3/b4-3+. The van der Waals surface area contributed by atoms with Gasteiger partial charge in [0, 0.05) is 26.2 Å². The third-order valence-corrected chi connectivity index (χ3v) is 2.55. The van der Waals surface area contributed by atoms with E-state index in [1.807, 2.05) is 11.8 Å². The van der Waals surface area contributed by atoms with Crippen LogP contribution in [-0.4, -0.2) is 55.0 Å². The Morgan fingerprint density at radius 3 is 2.86 bits per heavy atom. The lowest BCUT2D eigenvalue weighted by molar-refractivity contribution is -0.130. The van der Waals surface area contributed by atoms with Crippen LogP contribution in [0.3, 0.4) is 0 Å². The summed E-state index contributed by atoms with van der Waals surface area (Å²) in [5.74, 6) is 0.0797. The minimum Gasteiger partial charge on any atom is -0.332 e. The van der Waals surface area contributed by atoms with Crippen molar-refractivity contribution >= 4 is 5.91 Å². The van der Waals surface area contributed by atoms with Crippen molar-refractivity contribution in [2.45, 2.75) is 13.0 Å². The van der Waals surface area contributed by atoms with Crippen LogP contribution < -0.4 is 5.73 Å². The first kappa shape index (κ1) is 11.2. The summed E-state index contributed by atoms with van der Waals surface area (Å²) in [4.78, 5) is 15.7. The first-order chi connectivity index (χ1) is 6.69. The number of carbonyl (C=O) groups is 1. The van der Waals surface area contributed by atoms with Gasteiger partial charge in [-0.3, -0.25) is 4.79 Å². The van der Waals surface area contributed by atoms with Crippen LogP contribution in [0.2, 0.25) is 0 Å². The van der Waals surface area contributed by atoms with Crippen molar-refractivity contribution in [2.24, 2.45) is 5.73 Å². The highest BCUT2D eigenvalue weighted by atomic mass is 16.2. The molecule has 1 heterocycles. The molecule has 0 radical (unpaired) electrons. The molecule has 14 heavy (non-hydrogen) atoms. The second-order valence-electron chi connectivity index (χ2n) is 3.68. The van der Waals surface area contributed by atoms with E-state index < -0.39 is 0 Å². The first-order valence-corrected chi connectivity index (χ1v) is 5.01. The number of likely N-dealkylation sites (N-methyl/N-ethyl adjacent to an activating group) is 1. The van der Waals surface area contributed by atoms with Crippen molar-refractivity contribution in [1.29, 1.82) is 0 Å². The molecule has 0 spiro atoms. The Bertz CT molecular complexity index is 227. The fraction of sp³-hybridized carbons (Fsp3) is 0.700. The first-order valence-electron chi connectivity index (χ1n) is 5.01. The molecule has 4 heteroatoms. The molecule has 0 aromatic carbocycles. The highest BCUT2D eigenvalue weighted by molar-refractivity contribution is 5.87. The van der Waals surface area contributed by atoms with Gasteiger partial charge in [0.05, 0.1) is 6.04 Å². The number of nitrogens with two attached hydrogens (primary N) is 1. The topological polar surface area (TPSA) is 49.6 Å². The van der Waals surface area contributed by atoms with Crippen LogP contribution in [0.1, 0.15) is 6.92 Å². The summed E-state index contributed by atoms with van der Waals surface area (Å²) in [7, 11) is 2.06. The van der Waals surface area contributed by atoms with Crippen LogP contribution in [0, 0.1) is 0 Å². The van der Waals surface area contributed by atoms with Crippen LogP contribution in [0.4, 0.5) is 0 Å². The van der Waals surface area contributed by atoms with E-state index in [2.05, 4.69) is 11.9 Å². The summed E-state index contributed by atoms with van der Waals surface area (Å²) in [6, 6.07) is 0.164. The van der Waals surface area contributed by atoms with Gasteiger partial charge in [0.25, 0.3) is 0 Å². The zero-order valence-corrected chi connectivity index (χ0v) is 8.94. The molecule has 1 aliphatic heterocycles. The molecular weight excluding hydrogens is 178 g/mol. The van der Waals surface area contributed by atoms with Crippen LogP contribution in [0.25, 0.3) is 0 Å². The average Bonchev–Trinajstić information content (AvgIpc) is 2.17. The zero-order chi connectivity index (χ0) is 10.6. The Hall–Kier alpha value is -0.870. The lowest BCUT2D eigenvalue weighted by atomic mass is 10.1. The molecule has 0 aromatic heterocycles. The summed E-state index contributed by atoms with van der Waals surface area (Å²) in [6.07, 6.45) is 3.38. The van der Waals surface area contributed by atoms with Crippen molar-refractivity contribution in [3.63, 3.8) is 0 Å². The van der Waals surface area contributed by atoms with Gasteiger partial charge in [-0.05, 0) is 20.0 Å². The Kier molecular flexibility index (Phi) is 4.10. The van der Waals surface area contributed by atoms with E-state index in [0.29, 0.717) is 6.54 Å². The zero-order valence-electron chi connectivity index (χ0n) is 8.94. The number of rotatable bonds is 2. The van der Waals surface area contributed by atoms with Crippen molar-refractivity contribution in [2.75, 3.05) is 33.2 Å². The molecule has 4 nitrogen and oxygen atoms in total. The van der Waals surface area contributed by atoms with Crippen LogP contribution in [0.15, 0.2) is 12.2 Å². The molecule has 80 valence electrons. The van der Waals surface area contributed by atoms with Crippen molar-refractivity contribution in [1.82, 2.24) is 9.80 Å². The second-order valence-corrected chi connectivity index (χ2v) is 3.68. The predicted molar refractivity (Wildman–Crippen MR) is 56.9 cm³/mol. The number of piperazine rings is 1. The third-order valence-electron chi connectivity index (χ3n) is 2.55. The molecule has 1 aliphatic rings. The molecule has 1 unspecified atom stereocenters. The van der Waals surface area contributed by atoms with Crippen molar-refractivity contribution in [3.8, 4) is 0 Å². The Labute approximate surface area is 85.3 Å². The van der Waals surface area contributed by atoms with Crippen LogP contribution >= 0.6 is 0 Å². The quantitative estimate of drug-likeness (QED) is 0.616. The number of carbonyl (C=O) groups excluding carboxylic acids is 1. The van der Waals surface area contributed by atoms with Crippen molar-refractivity contribution < 1.29 is 4.79 Å². The van der Waals surface area contributed by atoms with Crippen LogP contribution in [0.5, 0.6) is 0 Å². The van der Waals surface area contributed by atoms with Crippen LogP contribution in [-0.2, 0) is 4.79 Å². The second kappa shape index (κ2) is 5.12. The van der Waals surface area contributed by atoms with Gasteiger partial charge < -0.3 is 15.5 Å². The van der Waals surface area contributed by atoms with Gasteiger partial charge in [0.2, 0.25) is 5.91 Å². The van der Waals surface area contributed by atoms with Gasteiger partial charge in [0.1, 0.15) is 0 Å². The molecule has 1 saturated heterocycles. The van der Waals surface area contributed by atoms with E-state index in [4.69, 9.17) is 5.73 Å². The Morgan fingerprint density at radius 1 is 1.57 bits per heavy atom. The third kappa shape index (κ3) is 2.56. The highest BCUT2D eigenvalue weighted by Gasteiger charge is 2.26. The highest BCUT2D eigenvalue weighted by Crippen LogP contribution is 2.08. The molecule has 2 N–H and O–H groups in total. The Morgan fingerprint density at radius 2 is 2.29 bits per heavy atom. The van der Waals surface area contributed by atoms with E-state index in [-0.39, 0.29) is 11.9 Å². The minimum atomic E-state index is 0.0797. The number of allylic oxidation sites excluding steroid dienone is 1. The average molecular weight is 197 g/mol. The van der Waals surface area contributed by atoms with Gasteiger partial charge in [-0.25, -0.2) is 0 Å². The predicted octanol–water partition coefficient (Wildman–Crippen LogP) is -0.336. The van der Waals surface area contributed by atoms with Gasteiger partial charge >= 0.3 is 0 Å². The molecule has 1 fully saturated rings. The molecule has 0 bridgehead atoms. The fourth-order valence-corrected chi connectivity index (χ4v) is 1.74. The lowest BCUT2D eigenvalue weighted by Gasteiger charge is -2.39. The molecule has 0 saturated carbocycles. The summed E-state index contributed by atoms with van der Waals surface area (Å²) in [6.45, 7) is 4.97. The Balaban J connectivity index is 2.62. The van der Waals surface area contributed by atoms with E-state index >= 15 is 0 Å². The van der Waals surface area contributed by atoms with E-state index in [0.717, 1.165) is 19.6 Å². The smallest absolute Gasteiger partial charge is 0.246 e. The van der Waals surface area contributed by atoms with Gasteiger partial charge in [-0.1, -0.05) is 6.08 Å². The summed E-state index contributed by atoms with van der Waals surface area (Å²) in [5, 5.41) is 0. The SMILES string of the molecule is C/C=C/C(=O)N1CCN(C)CC1CN. The summed E-state index contributed by atoms with van der Waals surface area (Å²) in [5.41, 5.74) is 5.65. The molecule has 0 aromatic rings. The van der Waals surface area contributed by atoms with Gasteiger partial charge in [-0.2, -0.15) is 0 Å². The van der Waals surface area contributed by atoms with E-state index in [1.165, 1.54) is 0 Å². The maximum absolute atomic E-state index is 11.6. The van der Waals surface area contributed by atoms with E-state index in [1.54, 1.807) is 12.2 Å². The normalized spacial score (nSPS) is 24.5. The monoisotopic (exact) mass is 197 g/mol. The molecular formula is C10H19N3O. The summed E-state index contributed by atoms with van der Waals surface area (Å²) < 4.78 is 0. The summed E-state index contributed by atoms with van der Waals surface area (Å²) >= 11 is 0. The molecule has 0 aliphatic carbocycles. The van der Waals surface area contributed by atoms with Gasteiger partial charge in [-0.15, -0.1) is 0 Å². The fourth-order valence-electron chi connectivity index (χ4n) is 1.74. The maximum atomic E-state index is 11.6. The number of hydrogen-bond donors (Lipinski definition) is 1. The molecule has 1 rings (SSSR count). The number of hydrogen-bond acceptors (Lipinski definition) is 3. The molecule has 1 atom stereocenters. The number of amides is 1. The van der Waals surface area contributed by atoms with Crippen molar-refractivity contribution in [3.05, 3.63) is 12.2 Å². The minimum absolute atomic E-state index is 0.0797. The van der Waals surface area contributed by atoms with Gasteiger partial charge in [0.15, 0.2) is 0 Å².